The van der Waals surface area contributed by atoms with Gasteiger partial charge in [0.1, 0.15) is 18.0 Å². The monoisotopic (exact) mass is 476 g/mol. The number of carbonyl (C=O) groups excluding carboxylic acids is 3. The highest BCUT2D eigenvalue weighted by Crippen LogP contribution is 2.35. The molecule has 0 unspecified atom stereocenters. The first-order valence-electron chi connectivity index (χ1n) is 10.9. The van der Waals surface area contributed by atoms with Crippen molar-refractivity contribution in [3.05, 3.63) is 71.1 Å². The first kappa shape index (κ1) is 23.4. The molecule has 3 aromatic carbocycles. The highest BCUT2D eigenvalue weighted by molar-refractivity contribution is 8.18. The van der Waals surface area contributed by atoms with Crippen LogP contribution >= 0.6 is 11.8 Å². The Kier molecular flexibility index (Phi) is 7.18. The molecular formula is C26H24N2O5S. The Hall–Kier alpha value is -3.78. The maximum atomic E-state index is 12.9. The first-order chi connectivity index (χ1) is 16.5. The Labute approximate surface area is 201 Å². The number of imide groups is 1. The molecule has 1 fully saturated rings. The summed E-state index contributed by atoms with van der Waals surface area (Å²) in [6.07, 6.45) is 1.69. The lowest BCUT2D eigenvalue weighted by atomic mass is 10.0. The van der Waals surface area contributed by atoms with Crippen molar-refractivity contribution >= 4 is 51.4 Å². The molecule has 34 heavy (non-hydrogen) atoms. The fourth-order valence-corrected chi connectivity index (χ4v) is 4.45. The number of hydrogen-bond donors (Lipinski definition) is 1. The average Bonchev–Trinajstić information content (AvgIpc) is 3.09. The molecule has 1 aliphatic rings. The summed E-state index contributed by atoms with van der Waals surface area (Å²) >= 11 is 0.826. The van der Waals surface area contributed by atoms with E-state index in [1.165, 1.54) is 0 Å². The van der Waals surface area contributed by atoms with E-state index >= 15 is 0 Å². The van der Waals surface area contributed by atoms with Gasteiger partial charge in [0, 0.05) is 11.1 Å². The first-order valence-corrected chi connectivity index (χ1v) is 11.7. The van der Waals surface area contributed by atoms with Crippen LogP contribution in [0.4, 0.5) is 10.5 Å². The molecule has 0 aliphatic carbocycles. The fraction of sp³-hybridized carbons (Fsp3) is 0.192. The third-order valence-electron chi connectivity index (χ3n) is 5.13. The third-order valence-corrected chi connectivity index (χ3v) is 6.04. The lowest BCUT2D eigenvalue weighted by molar-refractivity contribution is -0.127. The van der Waals surface area contributed by atoms with Gasteiger partial charge in [-0.15, -0.1) is 0 Å². The van der Waals surface area contributed by atoms with E-state index in [4.69, 9.17) is 9.47 Å². The molecule has 0 spiro atoms. The minimum absolute atomic E-state index is 0.271. The second kappa shape index (κ2) is 10.4. The minimum atomic E-state index is -0.491. The maximum Gasteiger partial charge on any atom is 0.294 e. The van der Waals surface area contributed by atoms with Crippen LogP contribution in [0.5, 0.6) is 11.5 Å². The van der Waals surface area contributed by atoms with Crippen LogP contribution in [-0.2, 0) is 9.59 Å². The zero-order valence-electron chi connectivity index (χ0n) is 18.9. The van der Waals surface area contributed by atoms with Crippen molar-refractivity contribution < 1.29 is 23.9 Å². The van der Waals surface area contributed by atoms with Crippen molar-refractivity contribution in [1.82, 2.24) is 4.90 Å². The number of benzene rings is 3. The number of thioether (sulfide) groups is 1. The van der Waals surface area contributed by atoms with E-state index in [-0.39, 0.29) is 11.4 Å². The van der Waals surface area contributed by atoms with Gasteiger partial charge in [0.2, 0.25) is 5.91 Å². The van der Waals surface area contributed by atoms with Gasteiger partial charge in [-0.1, -0.05) is 30.3 Å². The second-order valence-corrected chi connectivity index (χ2v) is 8.40. The van der Waals surface area contributed by atoms with Crippen molar-refractivity contribution in [1.29, 1.82) is 0 Å². The SMILES string of the molecule is CCOc1ccc(NC(=O)CN2C(=O)S/C(=C/c3ccc(OCC)c4ccccc34)C2=O)cc1. The van der Waals surface area contributed by atoms with Crippen LogP contribution < -0.4 is 14.8 Å². The summed E-state index contributed by atoms with van der Waals surface area (Å²) in [5, 5.41) is 4.06. The number of rotatable bonds is 8. The third kappa shape index (κ3) is 5.07. The molecular weight excluding hydrogens is 452 g/mol. The molecule has 0 atom stereocenters. The second-order valence-electron chi connectivity index (χ2n) is 7.40. The number of fused-ring (bicyclic) bond motifs is 1. The Balaban J connectivity index is 1.49. The Bertz CT molecular complexity index is 1270. The number of nitrogens with one attached hydrogen (secondary N) is 1. The summed E-state index contributed by atoms with van der Waals surface area (Å²) in [4.78, 5) is 39.1. The molecule has 1 saturated heterocycles. The van der Waals surface area contributed by atoms with E-state index in [1.54, 1.807) is 30.3 Å². The van der Waals surface area contributed by atoms with E-state index < -0.39 is 17.1 Å². The van der Waals surface area contributed by atoms with Gasteiger partial charge in [-0.3, -0.25) is 19.3 Å². The lowest BCUT2D eigenvalue weighted by Crippen LogP contribution is -2.36. The van der Waals surface area contributed by atoms with Gasteiger partial charge in [0.15, 0.2) is 0 Å². The zero-order valence-corrected chi connectivity index (χ0v) is 19.7. The molecule has 7 nitrogen and oxygen atoms in total. The summed E-state index contributed by atoms with van der Waals surface area (Å²) in [6.45, 7) is 4.54. The van der Waals surface area contributed by atoms with Gasteiger partial charge in [-0.25, -0.2) is 0 Å². The summed E-state index contributed by atoms with van der Waals surface area (Å²) in [6, 6.07) is 18.3. The molecule has 3 amide bonds. The minimum Gasteiger partial charge on any atom is -0.494 e. The van der Waals surface area contributed by atoms with Crippen LogP contribution in [0.25, 0.3) is 16.8 Å². The molecule has 0 aromatic heterocycles. The number of amides is 3. The summed E-state index contributed by atoms with van der Waals surface area (Å²) < 4.78 is 11.1. The van der Waals surface area contributed by atoms with E-state index in [1.807, 2.05) is 50.2 Å². The Morgan fingerprint density at radius 2 is 1.65 bits per heavy atom. The Morgan fingerprint density at radius 3 is 2.35 bits per heavy atom. The van der Waals surface area contributed by atoms with Gasteiger partial charge >= 0.3 is 0 Å². The smallest absolute Gasteiger partial charge is 0.294 e. The molecule has 0 saturated carbocycles. The number of anilines is 1. The van der Waals surface area contributed by atoms with Gasteiger partial charge < -0.3 is 14.8 Å². The van der Waals surface area contributed by atoms with E-state index in [0.29, 0.717) is 24.7 Å². The lowest BCUT2D eigenvalue weighted by Gasteiger charge is -2.13. The molecule has 1 N–H and O–H groups in total. The predicted octanol–water partition coefficient (Wildman–Crippen LogP) is 5.31. The average molecular weight is 477 g/mol. The van der Waals surface area contributed by atoms with E-state index in [2.05, 4.69) is 5.32 Å². The largest absolute Gasteiger partial charge is 0.494 e. The molecule has 0 bridgehead atoms. The molecule has 1 heterocycles. The zero-order chi connectivity index (χ0) is 24.1. The Morgan fingerprint density at radius 1 is 0.941 bits per heavy atom. The highest BCUT2D eigenvalue weighted by Gasteiger charge is 2.36. The quantitative estimate of drug-likeness (QED) is 0.444. The predicted molar refractivity (Wildman–Crippen MR) is 134 cm³/mol. The molecule has 1 aliphatic heterocycles. The number of ether oxygens (including phenoxy) is 2. The van der Waals surface area contributed by atoms with Crippen molar-refractivity contribution in [3.8, 4) is 11.5 Å². The van der Waals surface area contributed by atoms with E-state index in [0.717, 1.165) is 38.7 Å². The van der Waals surface area contributed by atoms with Crippen molar-refractivity contribution in [2.45, 2.75) is 13.8 Å². The molecule has 174 valence electrons. The summed E-state index contributed by atoms with van der Waals surface area (Å²) in [7, 11) is 0. The molecule has 0 radical (unpaired) electrons. The number of nitrogens with zero attached hydrogens (tertiary/aromatic N) is 1. The number of carbonyl (C=O) groups is 3. The van der Waals surface area contributed by atoms with Crippen LogP contribution in [0, 0.1) is 0 Å². The number of hydrogen-bond acceptors (Lipinski definition) is 6. The van der Waals surface area contributed by atoms with Crippen molar-refractivity contribution in [3.63, 3.8) is 0 Å². The molecule has 3 aromatic rings. The maximum absolute atomic E-state index is 12.9. The van der Waals surface area contributed by atoms with E-state index in [9.17, 15) is 14.4 Å². The van der Waals surface area contributed by atoms with Crippen LogP contribution in [-0.4, -0.2) is 41.7 Å². The highest BCUT2D eigenvalue weighted by atomic mass is 32.2. The summed E-state index contributed by atoms with van der Waals surface area (Å²) in [5.74, 6) is 0.502. The van der Waals surface area contributed by atoms with Gasteiger partial charge in [0.25, 0.3) is 11.1 Å². The fourth-order valence-electron chi connectivity index (χ4n) is 3.62. The van der Waals surface area contributed by atoms with Gasteiger partial charge in [-0.2, -0.15) is 0 Å². The van der Waals surface area contributed by atoms with Crippen LogP contribution in [0.1, 0.15) is 19.4 Å². The molecule has 4 rings (SSSR count). The van der Waals surface area contributed by atoms with Crippen LogP contribution in [0.3, 0.4) is 0 Å². The normalized spacial score (nSPS) is 14.6. The van der Waals surface area contributed by atoms with Gasteiger partial charge in [-0.05, 0) is 73.0 Å². The standard InChI is InChI=1S/C26H24N2O5S/c1-3-32-19-12-10-18(11-13-19)27-24(29)16-28-25(30)23(34-26(28)31)15-17-9-14-22(33-4-2)21-8-6-5-7-20(17)21/h5-15H,3-4,16H2,1-2H3,(H,27,29)/b23-15+. The van der Waals surface area contributed by atoms with Crippen LogP contribution in [0.2, 0.25) is 0 Å². The summed E-state index contributed by atoms with van der Waals surface area (Å²) in [5.41, 5.74) is 1.35. The topological polar surface area (TPSA) is 84.9 Å². The van der Waals surface area contributed by atoms with Crippen molar-refractivity contribution in [2.75, 3.05) is 25.1 Å². The van der Waals surface area contributed by atoms with Gasteiger partial charge in [0.05, 0.1) is 18.1 Å². The van der Waals surface area contributed by atoms with Crippen LogP contribution in [0.15, 0.2) is 65.6 Å². The molecule has 8 heteroatoms. The van der Waals surface area contributed by atoms with Crippen molar-refractivity contribution in [2.24, 2.45) is 0 Å².